The lowest BCUT2D eigenvalue weighted by Crippen LogP contribution is -2.22. The Kier molecular flexibility index (Phi) is 3.69. The van der Waals surface area contributed by atoms with E-state index in [4.69, 9.17) is 11.7 Å². The molecule has 0 bridgehead atoms. The zero-order chi connectivity index (χ0) is 8.81. The molecule has 0 saturated carbocycles. The number of hydrazine groups is 2. The van der Waals surface area contributed by atoms with Gasteiger partial charge in [0.05, 0.1) is 0 Å². The number of hydrogen-bond donors (Lipinski definition) is 4. The van der Waals surface area contributed by atoms with Gasteiger partial charge in [0.2, 0.25) is 0 Å². The number of benzene rings is 1. The van der Waals surface area contributed by atoms with Crippen molar-refractivity contribution in [3.8, 4) is 0 Å². The number of nitrogens with one attached hydrogen (secondary N) is 2. The van der Waals surface area contributed by atoms with Crippen LogP contribution in [0, 0.1) is 0 Å². The Morgan fingerprint density at radius 3 is 1.92 bits per heavy atom. The van der Waals surface area contributed by atoms with Crippen LogP contribution in [0.15, 0.2) is 24.3 Å². The summed E-state index contributed by atoms with van der Waals surface area (Å²) in [5.41, 5.74) is 7.52. The molecule has 66 valence electrons. The van der Waals surface area contributed by atoms with Crippen LogP contribution in [0.1, 0.15) is 11.1 Å². The maximum Gasteiger partial charge on any atom is 0.0348 e. The largest absolute Gasteiger partial charge is 0.271 e. The summed E-state index contributed by atoms with van der Waals surface area (Å²) in [6, 6.07) is 8.07. The highest BCUT2D eigenvalue weighted by Crippen LogP contribution is 2.03. The molecule has 4 nitrogen and oxygen atoms in total. The SMILES string of the molecule is NNCc1cccc(CNN)c1. The second-order valence-electron chi connectivity index (χ2n) is 2.58. The number of rotatable bonds is 4. The van der Waals surface area contributed by atoms with Crippen LogP contribution in [0.25, 0.3) is 0 Å². The Bertz CT molecular complexity index is 215. The minimum absolute atomic E-state index is 0.679. The molecule has 6 N–H and O–H groups in total. The van der Waals surface area contributed by atoms with E-state index >= 15 is 0 Å². The fourth-order valence-corrected chi connectivity index (χ4v) is 1.09. The zero-order valence-corrected chi connectivity index (χ0v) is 6.88. The van der Waals surface area contributed by atoms with Gasteiger partial charge in [0.1, 0.15) is 0 Å². The van der Waals surface area contributed by atoms with E-state index in [0.29, 0.717) is 13.1 Å². The first kappa shape index (κ1) is 9.15. The molecule has 1 aromatic carbocycles. The third-order valence-electron chi connectivity index (χ3n) is 1.60. The third kappa shape index (κ3) is 2.60. The van der Waals surface area contributed by atoms with Crippen LogP contribution in [-0.4, -0.2) is 0 Å². The minimum atomic E-state index is 0.679. The van der Waals surface area contributed by atoms with Gasteiger partial charge < -0.3 is 0 Å². The molecular formula is C8H14N4. The molecule has 0 aromatic heterocycles. The van der Waals surface area contributed by atoms with Crippen LogP contribution in [0.4, 0.5) is 0 Å². The van der Waals surface area contributed by atoms with E-state index in [2.05, 4.69) is 16.9 Å². The molecule has 0 unspecified atom stereocenters. The molecule has 1 rings (SSSR count). The summed E-state index contributed by atoms with van der Waals surface area (Å²) >= 11 is 0. The van der Waals surface area contributed by atoms with E-state index in [9.17, 15) is 0 Å². The average molecular weight is 166 g/mol. The Morgan fingerprint density at radius 2 is 1.50 bits per heavy atom. The van der Waals surface area contributed by atoms with Gasteiger partial charge in [-0.2, -0.15) is 0 Å². The number of nitrogens with two attached hydrogens (primary N) is 2. The highest BCUT2D eigenvalue weighted by atomic mass is 15.2. The van der Waals surface area contributed by atoms with Crippen LogP contribution in [-0.2, 0) is 13.1 Å². The molecule has 0 spiro atoms. The van der Waals surface area contributed by atoms with Crippen molar-refractivity contribution in [3.63, 3.8) is 0 Å². The predicted octanol–water partition coefficient (Wildman–Crippen LogP) is -0.387. The predicted molar refractivity (Wildman–Crippen MR) is 48.5 cm³/mol. The summed E-state index contributed by atoms with van der Waals surface area (Å²) in [4.78, 5) is 0. The lowest BCUT2D eigenvalue weighted by molar-refractivity contribution is 0.725. The summed E-state index contributed by atoms with van der Waals surface area (Å²) in [6.07, 6.45) is 0. The molecule has 0 atom stereocenters. The molecule has 0 radical (unpaired) electrons. The molecule has 1 aromatic rings. The second-order valence-corrected chi connectivity index (χ2v) is 2.58. The fourth-order valence-electron chi connectivity index (χ4n) is 1.09. The van der Waals surface area contributed by atoms with Crippen molar-refractivity contribution in [2.75, 3.05) is 0 Å². The number of hydrogen-bond acceptors (Lipinski definition) is 4. The Hall–Kier alpha value is -0.940. The second kappa shape index (κ2) is 4.84. The summed E-state index contributed by atoms with van der Waals surface area (Å²) < 4.78 is 0. The first-order valence-corrected chi connectivity index (χ1v) is 3.81. The molecule has 0 fully saturated rings. The minimum Gasteiger partial charge on any atom is -0.271 e. The van der Waals surface area contributed by atoms with Crippen LogP contribution in [0.3, 0.4) is 0 Å². The third-order valence-corrected chi connectivity index (χ3v) is 1.60. The van der Waals surface area contributed by atoms with Gasteiger partial charge in [-0.05, 0) is 11.1 Å². The summed E-state index contributed by atoms with van der Waals surface area (Å²) in [6.45, 7) is 1.36. The Labute approximate surface area is 71.9 Å². The standard InChI is InChI=1S/C8H14N4/c9-11-5-7-2-1-3-8(4-7)6-12-10/h1-4,11-12H,5-6,9-10H2. The van der Waals surface area contributed by atoms with Gasteiger partial charge in [-0.3, -0.25) is 22.5 Å². The summed E-state index contributed by atoms with van der Waals surface area (Å²) in [5.74, 6) is 10.4. The van der Waals surface area contributed by atoms with E-state index < -0.39 is 0 Å². The summed E-state index contributed by atoms with van der Waals surface area (Å²) in [7, 11) is 0. The zero-order valence-electron chi connectivity index (χ0n) is 6.88. The molecule has 12 heavy (non-hydrogen) atoms. The van der Waals surface area contributed by atoms with Crippen molar-refractivity contribution in [2.45, 2.75) is 13.1 Å². The average Bonchev–Trinajstić information content (AvgIpc) is 2.06. The first-order chi connectivity index (χ1) is 5.86. The van der Waals surface area contributed by atoms with E-state index in [1.54, 1.807) is 0 Å². The topological polar surface area (TPSA) is 76.1 Å². The van der Waals surface area contributed by atoms with Crippen molar-refractivity contribution in [1.29, 1.82) is 0 Å². The smallest absolute Gasteiger partial charge is 0.0348 e. The van der Waals surface area contributed by atoms with Crippen LogP contribution < -0.4 is 22.5 Å². The van der Waals surface area contributed by atoms with Gasteiger partial charge in [0.15, 0.2) is 0 Å². The van der Waals surface area contributed by atoms with Gasteiger partial charge in [0, 0.05) is 13.1 Å². The maximum absolute atomic E-state index is 5.19. The van der Waals surface area contributed by atoms with Crippen molar-refractivity contribution < 1.29 is 0 Å². The molecule has 0 saturated heterocycles. The van der Waals surface area contributed by atoms with E-state index in [0.717, 1.165) is 11.1 Å². The molecule has 0 aliphatic rings. The van der Waals surface area contributed by atoms with Crippen molar-refractivity contribution >= 4 is 0 Å². The molecule has 4 heteroatoms. The quantitative estimate of drug-likeness (QED) is 0.363. The molecule has 0 amide bonds. The van der Waals surface area contributed by atoms with E-state index in [1.165, 1.54) is 0 Å². The van der Waals surface area contributed by atoms with E-state index in [1.807, 2.05) is 18.2 Å². The molecule has 0 aliphatic heterocycles. The Morgan fingerprint density at radius 1 is 1.00 bits per heavy atom. The molecular weight excluding hydrogens is 152 g/mol. The van der Waals surface area contributed by atoms with Gasteiger partial charge in [-0.25, -0.2) is 0 Å². The van der Waals surface area contributed by atoms with Crippen molar-refractivity contribution in [3.05, 3.63) is 35.4 Å². The van der Waals surface area contributed by atoms with E-state index in [-0.39, 0.29) is 0 Å². The Balaban J connectivity index is 2.67. The van der Waals surface area contributed by atoms with Gasteiger partial charge in [0.25, 0.3) is 0 Å². The monoisotopic (exact) mass is 166 g/mol. The molecule has 0 aliphatic carbocycles. The first-order valence-electron chi connectivity index (χ1n) is 3.81. The van der Waals surface area contributed by atoms with Crippen LogP contribution in [0.2, 0.25) is 0 Å². The highest BCUT2D eigenvalue weighted by molar-refractivity contribution is 5.23. The normalized spacial score (nSPS) is 10.2. The van der Waals surface area contributed by atoms with Crippen molar-refractivity contribution in [2.24, 2.45) is 11.7 Å². The van der Waals surface area contributed by atoms with Crippen molar-refractivity contribution in [1.82, 2.24) is 10.9 Å². The lowest BCUT2D eigenvalue weighted by atomic mass is 10.1. The lowest BCUT2D eigenvalue weighted by Gasteiger charge is -2.03. The van der Waals surface area contributed by atoms with Gasteiger partial charge >= 0.3 is 0 Å². The summed E-state index contributed by atoms with van der Waals surface area (Å²) in [5, 5.41) is 0. The maximum atomic E-state index is 5.19. The van der Waals surface area contributed by atoms with Crippen LogP contribution >= 0.6 is 0 Å². The van der Waals surface area contributed by atoms with Crippen LogP contribution in [0.5, 0.6) is 0 Å². The highest BCUT2D eigenvalue weighted by Gasteiger charge is 1.93. The van der Waals surface area contributed by atoms with Gasteiger partial charge in [-0.15, -0.1) is 0 Å². The van der Waals surface area contributed by atoms with Gasteiger partial charge in [-0.1, -0.05) is 24.3 Å². The fraction of sp³-hybridized carbons (Fsp3) is 0.250. The molecule has 0 heterocycles.